The third-order valence-electron chi connectivity index (χ3n) is 2.98. The third kappa shape index (κ3) is 3.76. The zero-order valence-corrected chi connectivity index (χ0v) is 13.7. The summed E-state index contributed by atoms with van der Waals surface area (Å²) in [6.07, 6.45) is 0.972. The first-order valence-corrected chi connectivity index (χ1v) is 9.15. The number of thioether (sulfide) groups is 1. The van der Waals surface area contributed by atoms with Crippen molar-refractivity contribution in [1.29, 1.82) is 0 Å². The van der Waals surface area contributed by atoms with E-state index in [-0.39, 0.29) is 4.90 Å². The van der Waals surface area contributed by atoms with Crippen molar-refractivity contribution >= 4 is 32.8 Å². The minimum absolute atomic E-state index is 0.0876. The van der Waals surface area contributed by atoms with Crippen molar-refractivity contribution in [3.63, 3.8) is 0 Å². The number of primary sulfonamides is 1. The van der Waals surface area contributed by atoms with Crippen LogP contribution in [0.2, 0.25) is 0 Å². The lowest BCUT2D eigenvalue weighted by molar-refractivity contribution is 0.218. The van der Waals surface area contributed by atoms with E-state index in [9.17, 15) is 8.42 Å². The quantitative estimate of drug-likeness (QED) is 0.618. The number of methoxy groups -OCH3 is 1. The van der Waals surface area contributed by atoms with E-state index in [2.05, 4.69) is 16.5 Å². The second-order valence-electron chi connectivity index (χ2n) is 4.58. The molecule has 1 heterocycles. The molecule has 116 valence electrons. The minimum atomic E-state index is -3.71. The van der Waals surface area contributed by atoms with E-state index >= 15 is 0 Å². The van der Waals surface area contributed by atoms with Gasteiger partial charge in [0.2, 0.25) is 10.0 Å². The molecule has 0 aliphatic heterocycles. The lowest BCUT2D eigenvalue weighted by atomic mass is 10.3. The van der Waals surface area contributed by atoms with Gasteiger partial charge in [0.25, 0.3) is 0 Å². The first kappa shape index (κ1) is 16.3. The van der Waals surface area contributed by atoms with E-state index in [0.29, 0.717) is 12.1 Å². The minimum Gasteiger partial charge on any atom is -0.384 e. The second-order valence-corrected chi connectivity index (χ2v) is 7.21. The summed E-state index contributed by atoms with van der Waals surface area (Å²) in [5.74, 6) is 0.797. The van der Waals surface area contributed by atoms with Crippen LogP contribution in [0.4, 0.5) is 0 Å². The van der Waals surface area contributed by atoms with Crippen molar-refractivity contribution in [2.75, 3.05) is 19.5 Å². The van der Waals surface area contributed by atoms with E-state index in [1.54, 1.807) is 24.9 Å². The number of nitrogens with two attached hydrogens (primary N) is 1. The Kier molecular flexibility index (Phi) is 5.26. The average molecular weight is 329 g/mol. The number of aryl methyl sites for hydroxylation is 1. The number of nitrogens with zero attached hydrogens (tertiary/aromatic N) is 2. The number of hydrogen-bond acceptors (Lipinski definition) is 5. The van der Waals surface area contributed by atoms with Crippen LogP contribution in [-0.2, 0) is 21.3 Å². The maximum atomic E-state index is 11.4. The number of imidazole rings is 1. The van der Waals surface area contributed by atoms with Gasteiger partial charge < -0.3 is 9.30 Å². The lowest BCUT2D eigenvalue weighted by Gasteiger charge is -2.07. The molecule has 0 atom stereocenters. The predicted octanol–water partition coefficient (Wildman–Crippen LogP) is 1.83. The molecule has 2 aromatic rings. The zero-order chi connectivity index (χ0) is 15.5. The summed E-state index contributed by atoms with van der Waals surface area (Å²) >= 11 is 1.60. The number of ether oxygens (including phenoxy) is 1. The van der Waals surface area contributed by atoms with Crippen LogP contribution in [0.1, 0.15) is 13.3 Å². The van der Waals surface area contributed by atoms with Crippen molar-refractivity contribution in [2.45, 2.75) is 29.9 Å². The van der Waals surface area contributed by atoms with Gasteiger partial charge in [-0.2, -0.15) is 0 Å². The SMILES string of the molecule is CCCn1c(SCCOC)nc2cc(S(N)(=O)=O)ccc21. The molecule has 1 aromatic heterocycles. The molecule has 0 spiro atoms. The van der Waals surface area contributed by atoms with Crippen LogP contribution < -0.4 is 5.14 Å². The summed E-state index contributed by atoms with van der Waals surface area (Å²) in [6, 6.07) is 4.81. The summed E-state index contributed by atoms with van der Waals surface area (Å²) in [6.45, 7) is 3.57. The smallest absolute Gasteiger partial charge is 0.238 e. The Morgan fingerprint density at radius 2 is 2.19 bits per heavy atom. The highest BCUT2D eigenvalue weighted by molar-refractivity contribution is 7.99. The summed E-state index contributed by atoms with van der Waals surface area (Å²) < 4.78 is 30.0. The molecule has 0 bridgehead atoms. The Labute approximate surface area is 128 Å². The van der Waals surface area contributed by atoms with Gasteiger partial charge in [-0.05, 0) is 24.6 Å². The Morgan fingerprint density at radius 1 is 1.43 bits per heavy atom. The second kappa shape index (κ2) is 6.78. The van der Waals surface area contributed by atoms with Crippen LogP contribution in [0.3, 0.4) is 0 Å². The molecular formula is C13H19N3O3S2. The monoisotopic (exact) mass is 329 g/mol. The molecule has 2 rings (SSSR count). The summed E-state index contributed by atoms with van der Waals surface area (Å²) in [4.78, 5) is 4.62. The normalized spacial score (nSPS) is 12.1. The fourth-order valence-corrected chi connectivity index (χ4v) is 3.51. The molecule has 0 aliphatic rings. The fraction of sp³-hybridized carbons (Fsp3) is 0.462. The number of fused-ring (bicyclic) bond motifs is 1. The summed E-state index contributed by atoms with van der Waals surface area (Å²) in [5.41, 5.74) is 1.57. The average Bonchev–Trinajstić information content (AvgIpc) is 2.76. The van der Waals surface area contributed by atoms with Gasteiger partial charge in [0.15, 0.2) is 5.16 Å². The van der Waals surface area contributed by atoms with E-state index in [1.807, 2.05) is 0 Å². The highest BCUT2D eigenvalue weighted by Crippen LogP contribution is 2.26. The number of benzene rings is 1. The number of rotatable bonds is 7. The maximum absolute atomic E-state index is 11.4. The lowest BCUT2D eigenvalue weighted by Crippen LogP contribution is -2.11. The Bertz CT molecular complexity index is 726. The molecule has 21 heavy (non-hydrogen) atoms. The van der Waals surface area contributed by atoms with Crippen LogP contribution in [0, 0.1) is 0 Å². The molecule has 0 unspecified atom stereocenters. The van der Waals surface area contributed by atoms with Crippen LogP contribution in [0.5, 0.6) is 0 Å². The van der Waals surface area contributed by atoms with Gasteiger partial charge >= 0.3 is 0 Å². The first-order chi connectivity index (χ1) is 9.97. The fourth-order valence-electron chi connectivity index (χ4n) is 2.03. The van der Waals surface area contributed by atoms with Crippen LogP contribution in [0.25, 0.3) is 11.0 Å². The molecule has 2 N–H and O–H groups in total. The molecule has 8 heteroatoms. The highest BCUT2D eigenvalue weighted by atomic mass is 32.2. The van der Waals surface area contributed by atoms with Crippen molar-refractivity contribution in [2.24, 2.45) is 5.14 Å². The van der Waals surface area contributed by atoms with Gasteiger partial charge in [-0.15, -0.1) is 0 Å². The van der Waals surface area contributed by atoms with Crippen molar-refractivity contribution in [3.05, 3.63) is 18.2 Å². The molecule has 0 aliphatic carbocycles. The molecule has 0 saturated heterocycles. The molecule has 0 radical (unpaired) electrons. The molecule has 0 fully saturated rings. The van der Waals surface area contributed by atoms with Gasteiger partial charge in [0.05, 0.1) is 22.5 Å². The Morgan fingerprint density at radius 3 is 2.81 bits per heavy atom. The van der Waals surface area contributed by atoms with Gasteiger partial charge in [-0.3, -0.25) is 0 Å². The third-order valence-corrected chi connectivity index (χ3v) is 4.83. The highest BCUT2D eigenvalue weighted by Gasteiger charge is 2.14. The molecule has 0 saturated carbocycles. The predicted molar refractivity (Wildman–Crippen MR) is 84.0 cm³/mol. The first-order valence-electron chi connectivity index (χ1n) is 6.62. The maximum Gasteiger partial charge on any atom is 0.238 e. The van der Waals surface area contributed by atoms with Gasteiger partial charge in [-0.1, -0.05) is 18.7 Å². The van der Waals surface area contributed by atoms with Crippen LogP contribution in [0.15, 0.2) is 28.3 Å². The van der Waals surface area contributed by atoms with Gasteiger partial charge in [-0.25, -0.2) is 18.5 Å². The van der Waals surface area contributed by atoms with Crippen molar-refractivity contribution in [3.8, 4) is 0 Å². The van der Waals surface area contributed by atoms with E-state index < -0.39 is 10.0 Å². The largest absolute Gasteiger partial charge is 0.384 e. The number of aromatic nitrogens is 2. The van der Waals surface area contributed by atoms with E-state index in [0.717, 1.165) is 29.4 Å². The van der Waals surface area contributed by atoms with E-state index in [4.69, 9.17) is 9.88 Å². The summed E-state index contributed by atoms with van der Waals surface area (Å²) in [5, 5.41) is 6.04. The van der Waals surface area contributed by atoms with E-state index in [1.165, 1.54) is 12.1 Å². The number of sulfonamides is 1. The standard InChI is InChI=1S/C13H19N3O3S2/c1-3-6-16-12-5-4-10(21(14,17)18)9-11(12)15-13(16)20-8-7-19-2/h4-5,9H,3,6-8H2,1-2H3,(H2,14,17,18). The van der Waals surface area contributed by atoms with Gasteiger partial charge in [0.1, 0.15) is 0 Å². The summed E-state index contributed by atoms with van der Waals surface area (Å²) in [7, 11) is -2.05. The Balaban J connectivity index is 2.45. The Hall–Kier alpha value is -1.09. The number of hydrogen-bond donors (Lipinski definition) is 1. The topological polar surface area (TPSA) is 87.2 Å². The van der Waals surface area contributed by atoms with Crippen molar-refractivity contribution in [1.82, 2.24) is 9.55 Å². The van der Waals surface area contributed by atoms with Crippen LogP contribution >= 0.6 is 11.8 Å². The zero-order valence-electron chi connectivity index (χ0n) is 12.1. The molecule has 6 nitrogen and oxygen atoms in total. The molecule has 1 aromatic carbocycles. The van der Waals surface area contributed by atoms with Gasteiger partial charge in [0, 0.05) is 19.4 Å². The van der Waals surface area contributed by atoms with Crippen LogP contribution in [-0.4, -0.2) is 37.4 Å². The molecular weight excluding hydrogens is 310 g/mol. The van der Waals surface area contributed by atoms with Crippen molar-refractivity contribution < 1.29 is 13.2 Å². The molecule has 0 amide bonds.